The first-order valence-corrected chi connectivity index (χ1v) is 10.6. The zero-order chi connectivity index (χ0) is 19.4. The summed E-state index contributed by atoms with van der Waals surface area (Å²) in [6.45, 7) is 2.16. The maximum absolute atomic E-state index is 4.65. The van der Waals surface area contributed by atoms with Gasteiger partial charge in [0.1, 0.15) is 5.82 Å². The van der Waals surface area contributed by atoms with E-state index in [0.717, 1.165) is 25.3 Å². The summed E-state index contributed by atoms with van der Waals surface area (Å²) < 4.78 is 2.35. The van der Waals surface area contributed by atoms with Crippen molar-refractivity contribution in [3.8, 4) is 11.4 Å². The second kappa shape index (κ2) is 6.60. The summed E-state index contributed by atoms with van der Waals surface area (Å²) >= 11 is 0. The first kappa shape index (κ1) is 17.0. The van der Waals surface area contributed by atoms with E-state index >= 15 is 0 Å². The number of imidazole rings is 1. The number of hydrogen-bond donors (Lipinski definition) is 1. The van der Waals surface area contributed by atoms with Gasteiger partial charge in [0.05, 0.1) is 0 Å². The highest BCUT2D eigenvalue weighted by atomic mass is 15.2. The van der Waals surface area contributed by atoms with Crippen molar-refractivity contribution in [2.45, 2.75) is 31.3 Å². The summed E-state index contributed by atoms with van der Waals surface area (Å²) in [5.41, 5.74) is 5.52. The molecule has 2 aromatic carbocycles. The van der Waals surface area contributed by atoms with Crippen LogP contribution in [-0.4, -0.2) is 39.1 Å². The van der Waals surface area contributed by atoms with Gasteiger partial charge in [-0.2, -0.15) is 0 Å². The molecule has 0 amide bonds. The molecule has 29 heavy (non-hydrogen) atoms. The van der Waals surface area contributed by atoms with Crippen LogP contribution >= 0.6 is 0 Å². The van der Waals surface area contributed by atoms with Crippen LogP contribution in [0, 0.1) is 5.92 Å². The number of piperidine rings is 1. The molecule has 4 aromatic rings. The Morgan fingerprint density at radius 3 is 2.90 bits per heavy atom. The molecule has 1 aliphatic heterocycles. The molecule has 0 radical (unpaired) electrons. The molecular formula is C25H26N4. The molecule has 4 nitrogen and oxygen atoms in total. The zero-order valence-electron chi connectivity index (χ0n) is 16.8. The van der Waals surface area contributed by atoms with Crippen LogP contribution in [0.15, 0.2) is 67.1 Å². The summed E-state index contributed by atoms with van der Waals surface area (Å²) in [4.78, 5) is 10.7. The molecule has 0 saturated carbocycles. The van der Waals surface area contributed by atoms with Crippen molar-refractivity contribution in [2.24, 2.45) is 5.92 Å². The van der Waals surface area contributed by atoms with Crippen LogP contribution in [0.1, 0.15) is 23.5 Å². The molecule has 4 heteroatoms. The second-order valence-electron chi connectivity index (χ2n) is 8.77. The molecule has 2 aromatic heterocycles. The lowest BCUT2D eigenvalue weighted by Crippen LogP contribution is -2.48. The van der Waals surface area contributed by atoms with E-state index in [1.54, 1.807) is 5.56 Å². The lowest BCUT2D eigenvalue weighted by atomic mass is 9.72. The van der Waals surface area contributed by atoms with Gasteiger partial charge in [0, 0.05) is 60.1 Å². The van der Waals surface area contributed by atoms with Crippen LogP contribution in [0.3, 0.4) is 0 Å². The number of aromatic amines is 1. The molecule has 2 aliphatic rings. The topological polar surface area (TPSA) is 36.9 Å². The Hall–Kier alpha value is -2.85. The van der Waals surface area contributed by atoms with Gasteiger partial charge in [-0.25, -0.2) is 4.98 Å². The van der Waals surface area contributed by atoms with E-state index < -0.39 is 0 Å². The molecule has 1 saturated heterocycles. The third-order valence-electron chi connectivity index (χ3n) is 7.01. The minimum Gasteiger partial charge on any atom is -0.361 e. The van der Waals surface area contributed by atoms with E-state index in [0.29, 0.717) is 17.9 Å². The Morgan fingerprint density at radius 2 is 2.00 bits per heavy atom. The summed E-state index contributed by atoms with van der Waals surface area (Å²) in [6.07, 6.45) is 8.70. The number of fused-ring (bicyclic) bond motifs is 2. The number of nitrogens with one attached hydrogen (secondary N) is 1. The van der Waals surface area contributed by atoms with E-state index in [-0.39, 0.29) is 0 Å². The van der Waals surface area contributed by atoms with E-state index in [4.69, 9.17) is 0 Å². The highest BCUT2D eigenvalue weighted by molar-refractivity contribution is 5.88. The minimum absolute atomic E-state index is 0.606. The second-order valence-corrected chi connectivity index (χ2v) is 8.77. The van der Waals surface area contributed by atoms with Crippen molar-refractivity contribution in [1.82, 2.24) is 19.4 Å². The average molecular weight is 383 g/mol. The normalized spacial score (nSPS) is 24.0. The zero-order valence-corrected chi connectivity index (χ0v) is 16.8. The van der Waals surface area contributed by atoms with Crippen molar-refractivity contribution in [3.05, 3.63) is 78.2 Å². The lowest BCUT2D eigenvalue weighted by molar-refractivity contribution is 0.104. The Bertz CT molecular complexity index is 1160. The fourth-order valence-corrected chi connectivity index (χ4v) is 5.77. The average Bonchev–Trinajstić information content (AvgIpc) is 3.38. The van der Waals surface area contributed by atoms with Gasteiger partial charge < -0.3 is 14.5 Å². The molecule has 6 rings (SSSR count). The molecule has 146 valence electrons. The number of likely N-dealkylation sites (tertiary alicyclic amines) is 1. The molecule has 0 bridgehead atoms. The molecule has 1 aliphatic carbocycles. The smallest absolute Gasteiger partial charge is 0.139 e. The monoisotopic (exact) mass is 382 g/mol. The van der Waals surface area contributed by atoms with Gasteiger partial charge in [0.25, 0.3) is 0 Å². The van der Waals surface area contributed by atoms with Crippen molar-refractivity contribution in [3.63, 3.8) is 0 Å². The molecule has 1 fully saturated rings. The maximum atomic E-state index is 4.65. The third-order valence-corrected chi connectivity index (χ3v) is 7.01. The number of aromatic nitrogens is 3. The summed E-state index contributed by atoms with van der Waals surface area (Å²) in [6, 6.07) is 17.9. The van der Waals surface area contributed by atoms with Gasteiger partial charge in [0.15, 0.2) is 0 Å². The van der Waals surface area contributed by atoms with E-state index in [1.807, 2.05) is 6.20 Å². The van der Waals surface area contributed by atoms with Crippen LogP contribution in [0.5, 0.6) is 0 Å². The number of benzene rings is 2. The Labute approximate surface area is 171 Å². The van der Waals surface area contributed by atoms with Crippen molar-refractivity contribution in [1.29, 1.82) is 0 Å². The minimum atomic E-state index is 0.606. The van der Waals surface area contributed by atoms with Crippen molar-refractivity contribution in [2.75, 3.05) is 13.6 Å². The standard InChI is InChI=1S/C25H26N4/c1-28-15-17(16-29-11-10-26-25(29)18-6-3-2-4-7-18)12-21-20-8-5-9-22-24(20)19(14-27-22)13-23(21)28/h2-11,14,17,21,23,27H,12-13,15-16H2,1H3/t17?,21-,23-/m1/s1. The van der Waals surface area contributed by atoms with Gasteiger partial charge >= 0.3 is 0 Å². The van der Waals surface area contributed by atoms with Crippen LogP contribution in [-0.2, 0) is 13.0 Å². The first-order valence-electron chi connectivity index (χ1n) is 10.6. The lowest BCUT2D eigenvalue weighted by Gasteiger charge is -2.45. The third kappa shape index (κ3) is 2.74. The van der Waals surface area contributed by atoms with E-state index in [9.17, 15) is 0 Å². The molecule has 0 spiro atoms. The molecule has 3 heterocycles. The Morgan fingerprint density at radius 1 is 1.10 bits per heavy atom. The van der Waals surface area contributed by atoms with E-state index in [1.165, 1.54) is 28.5 Å². The number of nitrogens with zero attached hydrogens (tertiary/aromatic N) is 3. The van der Waals surface area contributed by atoms with Crippen molar-refractivity contribution >= 4 is 10.9 Å². The molecular weight excluding hydrogens is 356 g/mol. The van der Waals surface area contributed by atoms with Gasteiger partial charge in [-0.15, -0.1) is 0 Å². The number of hydrogen-bond acceptors (Lipinski definition) is 2. The first-order chi connectivity index (χ1) is 14.3. The maximum Gasteiger partial charge on any atom is 0.139 e. The molecule has 1 unspecified atom stereocenters. The summed E-state index contributed by atoms with van der Waals surface area (Å²) in [7, 11) is 2.31. The van der Waals surface area contributed by atoms with Gasteiger partial charge in [-0.3, -0.25) is 0 Å². The van der Waals surface area contributed by atoms with Crippen LogP contribution in [0.2, 0.25) is 0 Å². The highest BCUT2D eigenvalue weighted by Gasteiger charge is 2.39. The summed E-state index contributed by atoms with van der Waals surface area (Å²) in [5.74, 6) is 2.30. The van der Waals surface area contributed by atoms with Crippen LogP contribution < -0.4 is 0 Å². The molecule has 1 N–H and O–H groups in total. The Balaban J connectivity index is 1.32. The summed E-state index contributed by atoms with van der Waals surface area (Å²) in [5, 5.41) is 1.48. The van der Waals surface area contributed by atoms with Crippen LogP contribution in [0.25, 0.3) is 22.3 Å². The predicted octanol–water partition coefficient (Wildman–Crippen LogP) is 4.69. The van der Waals surface area contributed by atoms with Gasteiger partial charge in [-0.05, 0) is 43.0 Å². The van der Waals surface area contributed by atoms with E-state index in [2.05, 4.69) is 87.4 Å². The number of H-pyrrole nitrogens is 1. The SMILES string of the molecule is CN1CC(Cn2ccnc2-c2ccccc2)C[C@@H]2c3cccc4[nH]cc(c34)C[C@H]21. The Kier molecular flexibility index (Phi) is 3.88. The number of rotatable bonds is 3. The van der Waals surface area contributed by atoms with Crippen molar-refractivity contribution < 1.29 is 0 Å². The quantitative estimate of drug-likeness (QED) is 0.558. The largest absolute Gasteiger partial charge is 0.361 e. The van der Waals surface area contributed by atoms with Crippen LogP contribution in [0.4, 0.5) is 0 Å². The highest BCUT2D eigenvalue weighted by Crippen LogP contribution is 2.44. The predicted molar refractivity (Wildman–Crippen MR) is 117 cm³/mol. The fourth-order valence-electron chi connectivity index (χ4n) is 5.77. The molecule has 3 atom stereocenters. The number of likely N-dealkylation sites (N-methyl/N-ethyl adjacent to an activating group) is 1. The van der Waals surface area contributed by atoms with Gasteiger partial charge in [0.2, 0.25) is 0 Å². The van der Waals surface area contributed by atoms with Gasteiger partial charge in [-0.1, -0.05) is 42.5 Å². The fraction of sp³-hybridized carbons (Fsp3) is 0.320.